The summed E-state index contributed by atoms with van der Waals surface area (Å²) in [4.78, 5) is 14.6. The molecular formula is C11H19NO3Si. The van der Waals surface area contributed by atoms with Crippen molar-refractivity contribution in [3.8, 4) is 0 Å². The molecule has 0 rings (SSSR count). The molecule has 0 aromatic rings. The van der Waals surface area contributed by atoms with E-state index in [9.17, 15) is 4.79 Å². The predicted octanol–water partition coefficient (Wildman–Crippen LogP) is 2.03. The summed E-state index contributed by atoms with van der Waals surface area (Å²) in [6, 6.07) is 0. The molecule has 4 nitrogen and oxygen atoms in total. The predicted molar refractivity (Wildman–Crippen MR) is 68.4 cm³/mol. The number of aliphatic imine (C=N–C) groups is 1. The molecule has 0 fully saturated rings. The zero-order valence-electron chi connectivity index (χ0n) is 10.1. The van der Waals surface area contributed by atoms with E-state index in [0.717, 1.165) is 0 Å². The number of aliphatic carboxylic acids is 1. The Morgan fingerprint density at radius 2 is 2.19 bits per heavy atom. The SMILES string of the molecule is C=C[Si](C)(C)OCCN=C(C=CC)C(=O)O. The molecule has 0 saturated heterocycles. The van der Waals surface area contributed by atoms with Crippen molar-refractivity contribution in [3.05, 3.63) is 24.4 Å². The fourth-order valence-corrected chi connectivity index (χ4v) is 1.62. The average molecular weight is 241 g/mol. The highest BCUT2D eigenvalue weighted by atomic mass is 28.4. The lowest BCUT2D eigenvalue weighted by Crippen LogP contribution is -2.28. The smallest absolute Gasteiger partial charge is 0.354 e. The number of carbonyl (C=O) groups is 1. The van der Waals surface area contributed by atoms with Crippen LogP contribution in [0.4, 0.5) is 0 Å². The largest absolute Gasteiger partial charge is 0.477 e. The zero-order valence-corrected chi connectivity index (χ0v) is 11.1. The molecule has 0 amide bonds. The van der Waals surface area contributed by atoms with Crippen LogP contribution in [0.3, 0.4) is 0 Å². The lowest BCUT2D eigenvalue weighted by Gasteiger charge is -2.17. The molecule has 0 spiro atoms. The summed E-state index contributed by atoms with van der Waals surface area (Å²) >= 11 is 0. The molecule has 0 atom stereocenters. The number of rotatable bonds is 7. The summed E-state index contributed by atoms with van der Waals surface area (Å²) in [6.45, 7) is 10.3. The second-order valence-electron chi connectivity index (χ2n) is 3.73. The summed E-state index contributed by atoms with van der Waals surface area (Å²) in [7, 11) is -1.77. The number of nitrogens with zero attached hydrogens (tertiary/aromatic N) is 1. The first-order chi connectivity index (χ1) is 7.43. The van der Waals surface area contributed by atoms with Gasteiger partial charge in [-0.15, -0.1) is 6.58 Å². The van der Waals surface area contributed by atoms with E-state index >= 15 is 0 Å². The maximum absolute atomic E-state index is 10.7. The van der Waals surface area contributed by atoms with Crippen LogP contribution in [0.15, 0.2) is 29.4 Å². The number of carboxylic acid groups (broad SMARTS) is 1. The van der Waals surface area contributed by atoms with Gasteiger partial charge in [-0.3, -0.25) is 4.99 Å². The van der Waals surface area contributed by atoms with Crippen LogP contribution >= 0.6 is 0 Å². The van der Waals surface area contributed by atoms with Gasteiger partial charge in [0.05, 0.1) is 13.2 Å². The van der Waals surface area contributed by atoms with Crippen molar-refractivity contribution < 1.29 is 14.3 Å². The Balaban J connectivity index is 4.16. The first kappa shape index (κ1) is 14.8. The zero-order chi connectivity index (χ0) is 12.6. The maximum Gasteiger partial charge on any atom is 0.354 e. The standard InChI is InChI=1S/C11H19NO3Si/c1-5-7-10(11(13)14)12-8-9-15-16(3,4)6-2/h5-7H,2,8-9H2,1,3-4H3,(H,13,14). The first-order valence-electron chi connectivity index (χ1n) is 5.11. The highest BCUT2D eigenvalue weighted by Crippen LogP contribution is 2.04. The van der Waals surface area contributed by atoms with Gasteiger partial charge in [0.15, 0.2) is 0 Å². The van der Waals surface area contributed by atoms with E-state index in [2.05, 4.69) is 11.6 Å². The molecule has 0 aromatic carbocycles. The van der Waals surface area contributed by atoms with Gasteiger partial charge in [-0.2, -0.15) is 0 Å². The molecule has 1 N–H and O–H groups in total. The average Bonchev–Trinajstić information content (AvgIpc) is 2.22. The molecule has 0 saturated carbocycles. The Kier molecular flexibility index (Phi) is 6.60. The van der Waals surface area contributed by atoms with Crippen LogP contribution in [0.5, 0.6) is 0 Å². The van der Waals surface area contributed by atoms with Crippen molar-refractivity contribution in [1.29, 1.82) is 0 Å². The summed E-state index contributed by atoms with van der Waals surface area (Å²) < 4.78 is 5.58. The van der Waals surface area contributed by atoms with Crippen molar-refractivity contribution in [2.75, 3.05) is 13.2 Å². The highest BCUT2D eigenvalue weighted by Gasteiger charge is 2.16. The van der Waals surface area contributed by atoms with Gasteiger partial charge >= 0.3 is 5.97 Å². The molecule has 16 heavy (non-hydrogen) atoms. The summed E-state index contributed by atoms with van der Waals surface area (Å²) in [6.07, 6.45) is 3.12. The molecule has 0 aromatic heterocycles. The van der Waals surface area contributed by atoms with Crippen LogP contribution in [0.1, 0.15) is 6.92 Å². The van der Waals surface area contributed by atoms with Crippen LogP contribution < -0.4 is 0 Å². The maximum atomic E-state index is 10.7. The lowest BCUT2D eigenvalue weighted by molar-refractivity contribution is -0.129. The molecule has 0 unspecified atom stereocenters. The molecule has 0 radical (unpaired) electrons. The van der Waals surface area contributed by atoms with Gasteiger partial charge in [-0.05, 0) is 26.1 Å². The Labute approximate surface area is 97.5 Å². The van der Waals surface area contributed by atoms with Gasteiger partial charge in [0.1, 0.15) is 5.71 Å². The molecule has 90 valence electrons. The van der Waals surface area contributed by atoms with E-state index in [-0.39, 0.29) is 5.71 Å². The summed E-state index contributed by atoms with van der Waals surface area (Å²) in [5, 5.41) is 8.78. The van der Waals surface area contributed by atoms with Crippen LogP contribution in [-0.2, 0) is 9.22 Å². The van der Waals surface area contributed by atoms with Crippen LogP contribution in [-0.4, -0.2) is 38.3 Å². The van der Waals surface area contributed by atoms with E-state index in [0.29, 0.717) is 13.2 Å². The van der Waals surface area contributed by atoms with E-state index < -0.39 is 14.3 Å². The minimum atomic E-state index is -1.77. The number of allylic oxidation sites excluding steroid dienone is 1. The second-order valence-corrected chi connectivity index (χ2v) is 7.63. The van der Waals surface area contributed by atoms with E-state index in [1.807, 2.05) is 18.8 Å². The van der Waals surface area contributed by atoms with Gasteiger partial charge in [0, 0.05) is 0 Å². The highest BCUT2D eigenvalue weighted by molar-refractivity contribution is 6.76. The fraction of sp³-hybridized carbons (Fsp3) is 0.455. The first-order valence-corrected chi connectivity index (χ1v) is 8.09. The van der Waals surface area contributed by atoms with Crippen LogP contribution in [0.25, 0.3) is 0 Å². The topological polar surface area (TPSA) is 58.9 Å². The third-order valence-electron chi connectivity index (χ3n) is 1.88. The van der Waals surface area contributed by atoms with Crippen LogP contribution in [0.2, 0.25) is 13.1 Å². The molecule has 0 aliphatic carbocycles. The lowest BCUT2D eigenvalue weighted by atomic mass is 10.3. The van der Waals surface area contributed by atoms with E-state index in [4.69, 9.17) is 9.53 Å². The molecule has 0 heterocycles. The quantitative estimate of drug-likeness (QED) is 0.421. The Morgan fingerprint density at radius 3 is 2.62 bits per heavy atom. The Hall–Kier alpha value is -1.20. The molecule has 0 aliphatic heterocycles. The number of hydrogen-bond donors (Lipinski definition) is 1. The third kappa shape index (κ3) is 6.31. The third-order valence-corrected chi connectivity index (χ3v) is 3.81. The molecule has 5 heteroatoms. The van der Waals surface area contributed by atoms with Crippen molar-refractivity contribution in [2.45, 2.75) is 20.0 Å². The van der Waals surface area contributed by atoms with Gasteiger partial charge in [0.2, 0.25) is 8.32 Å². The monoisotopic (exact) mass is 241 g/mol. The Bertz CT molecular complexity index is 308. The van der Waals surface area contributed by atoms with E-state index in [1.54, 1.807) is 13.0 Å². The van der Waals surface area contributed by atoms with Crippen molar-refractivity contribution in [3.63, 3.8) is 0 Å². The normalized spacial score (nSPS) is 13.1. The second kappa shape index (κ2) is 7.13. The molecular weight excluding hydrogens is 222 g/mol. The number of carboxylic acids is 1. The number of hydrogen-bond acceptors (Lipinski definition) is 3. The van der Waals surface area contributed by atoms with Gasteiger partial charge in [0.25, 0.3) is 0 Å². The minimum absolute atomic E-state index is 0.0594. The van der Waals surface area contributed by atoms with Gasteiger partial charge < -0.3 is 9.53 Å². The minimum Gasteiger partial charge on any atom is -0.477 e. The van der Waals surface area contributed by atoms with Gasteiger partial charge in [-0.25, -0.2) is 4.79 Å². The fourth-order valence-electron chi connectivity index (χ4n) is 0.883. The van der Waals surface area contributed by atoms with Crippen molar-refractivity contribution in [2.24, 2.45) is 4.99 Å². The molecule has 0 aliphatic rings. The van der Waals surface area contributed by atoms with Crippen LogP contribution in [0, 0.1) is 0 Å². The Morgan fingerprint density at radius 1 is 1.56 bits per heavy atom. The van der Waals surface area contributed by atoms with Crippen molar-refractivity contribution >= 4 is 20.0 Å². The summed E-state index contributed by atoms with van der Waals surface area (Å²) in [5.41, 5.74) is 1.89. The summed E-state index contributed by atoms with van der Waals surface area (Å²) in [5.74, 6) is -1.02. The molecule has 0 bridgehead atoms. The van der Waals surface area contributed by atoms with E-state index in [1.165, 1.54) is 6.08 Å². The van der Waals surface area contributed by atoms with Crippen molar-refractivity contribution in [1.82, 2.24) is 0 Å². The van der Waals surface area contributed by atoms with Gasteiger partial charge in [-0.1, -0.05) is 11.8 Å².